The molecule has 1 fully saturated rings. The molecule has 0 aromatic heterocycles. The molecular formula is C13H18FN3O3S. The Morgan fingerprint density at radius 3 is 2.52 bits per heavy atom. The van der Waals surface area contributed by atoms with E-state index in [9.17, 15) is 17.6 Å². The van der Waals surface area contributed by atoms with Gasteiger partial charge in [-0.2, -0.15) is 4.31 Å². The minimum atomic E-state index is -3.75. The van der Waals surface area contributed by atoms with Crippen molar-refractivity contribution in [3.8, 4) is 0 Å². The number of nitrogen functional groups attached to an aromatic ring is 1. The average molecular weight is 315 g/mol. The Labute approximate surface area is 123 Å². The number of nitrogens with zero attached hydrogens (tertiary/aromatic N) is 1. The van der Waals surface area contributed by atoms with Crippen LogP contribution < -0.4 is 11.1 Å². The highest BCUT2D eigenvalue weighted by molar-refractivity contribution is 7.89. The van der Waals surface area contributed by atoms with Crippen molar-refractivity contribution in [2.75, 3.05) is 25.9 Å². The average Bonchev–Trinajstić information content (AvgIpc) is 2.49. The number of sulfonamides is 1. The number of benzene rings is 1. The quantitative estimate of drug-likeness (QED) is 0.797. The third-order valence-corrected chi connectivity index (χ3v) is 5.58. The van der Waals surface area contributed by atoms with Crippen molar-refractivity contribution < 1.29 is 17.6 Å². The van der Waals surface area contributed by atoms with Crippen molar-refractivity contribution in [2.24, 2.45) is 5.92 Å². The number of piperidine rings is 1. The highest BCUT2D eigenvalue weighted by Crippen LogP contribution is 2.25. The number of amides is 1. The Morgan fingerprint density at radius 1 is 1.38 bits per heavy atom. The van der Waals surface area contributed by atoms with Gasteiger partial charge in [0, 0.05) is 26.1 Å². The zero-order chi connectivity index (χ0) is 15.6. The summed E-state index contributed by atoms with van der Waals surface area (Å²) in [6.07, 6.45) is 0.909. The molecule has 2 rings (SSSR count). The molecule has 21 heavy (non-hydrogen) atoms. The van der Waals surface area contributed by atoms with Crippen LogP contribution in [-0.2, 0) is 14.8 Å². The number of nitrogens with two attached hydrogens (primary N) is 1. The fourth-order valence-corrected chi connectivity index (χ4v) is 3.86. The normalized spacial score (nSPS) is 17.6. The first-order valence-corrected chi connectivity index (χ1v) is 8.07. The summed E-state index contributed by atoms with van der Waals surface area (Å²) in [5.41, 5.74) is 5.26. The molecule has 0 bridgehead atoms. The number of hydrogen-bond acceptors (Lipinski definition) is 4. The van der Waals surface area contributed by atoms with Crippen molar-refractivity contribution in [2.45, 2.75) is 17.7 Å². The number of anilines is 1. The van der Waals surface area contributed by atoms with Gasteiger partial charge < -0.3 is 11.1 Å². The minimum absolute atomic E-state index is 0.0782. The molecule has 3 N–H and O–H groups in total. The van der Waals surface area contributed by atoms with Crippen molar-refractivity contribution >= 4 is 21.6 Å². The Balaban J connectivity index is 2.14. The van der Waals surface area contributed by atoms with Crippen molar-refractivity contribution in [3.63, 3.8) is 0 Å². The molecule has 1 heterocycles. The van der Waals surface area contributed by atoms with Crippen LogP contribution in [0.1, 0.15) is 12.8 Å². The van der Waals surface area contributed by atoms with E-state index in [1.807, 2.05) is 0 Å². The molecule has 1 aromatic carbocycles. The first-order chi connectivity index (χ1) is 9.86. The summed E-state index contributed by atoms with van der Waals surface area (Å²) in [7, 11) is -2.19. The monoisotopic (exact) mass is 315 g/mol. The highest BCUT2D eigenvalue weighted by atomic mass is 32.2. The highest BCUT2D eigenvalue weighted by Gasteiger charge is 2.32. The largest absolute Gasteiger partial charge is 0.396 e. The van der Waals surface area contributed by atoms with Gasteiger partial charge in [0.2, 0.25) is 15.9 Å². The summed E-state index contributed by atoms with van der Waals surface area (Å²) in [6, 6.07) is 3.45. The van der Waals surface area contributed by atoms with Gasteiger partial charge in [0.05, 0.1) is 10.6 Å². The number of halogens is 1. The number of nitrogens with one attached hydrogen (secondary N) is 1. The van der Waals surface area contributed by atoms with Crippen LogP contribution >= 0.6 is 0 Å². The van der Waals surface area contributed by atoms with Crippen LogP contribution in [0.15, 0.2) is 23.1 Å². The van der Waals surface area contributed by atoms with Crippen LogP contribution in [0.4, 0.5) is 10.1 Å². The lowest BCUT2D eigenvalue weighted by Crippen LogP contribution is -2.42. The van der Waals surface area contributed by atoms with E-state index in [1.54, 1.807) is 7.05 Å². The van der Waals surface area contributed by atoms with E-state index in [2.05, 4.69) is 5.32 Å². The topological polar surface area (TPSA) is 92.5 Å². The second kappa shape index (κ2) is 5.98. The van der Waals surface area contributed by atoms with Gasteiger partial charge in [0.1, 0.15) is 5.82 Å². The van der Waals surface area contributed by atoms with Gasteiger partial charge in [0.15, 0.2) is 0 Å². The first-order valence-electron chi connectivity index (χ1n) is 6.63. The Bertz CT molecular complexity index is 640. The van der Waals surface area contributed by atoms with E-state index < -0.39 is 15.8 Å². The molecule has 1 saturated heterocycles. The molecule has 8 heteroatoms. The van der Waals surface area contributed by atoms with Gasteiger partial charge >= 0.3 is 0 Å². The summed E-state index contributed by atoms with van der Waals surface area (Å²) in [5, 5.41) is 2.56. The van der Waals surface area contributed by atoms with Gasteiger partial charge in [-0.3, -0.25) is 4.79 Å². The van der Waals surface area contributed by atoms with E-state index in [4.69, 9.17) is 5.73 Å². The fraction of sp³-hybridized carbons (Fsp3) is 0.462. The van der Waals surface area contributed by atoms with Crippen LogP contribution in [0.3, 0.4) is 0 Å². The number of carbonyl (C=O) groups is 1. The van der Waals surface area contributed by atoms with Gasteiger partial charge in [-0.1, -0.05) is 0 Å². The lowest BCUT2D eigenvalue weighted by atomic mass is 9.97. The Kier molecular flexibility index (Phi) is 4.48. The summed E-state index contributed by atoms with van der Waals surface area (Å²) in [4.78, 5) is 11.4. The summed E-state index contributed by atoms with van der Waals surface area (Å²) in [5.74, 6) is -1.01. The summed E-state index contributed by atoms with van der Waals surface area (Å²) in [6.45, 7) is 0.485. The van der Waals surface area contributed by atoms with E-state index >= 15 is 0 Å². The first kappa shape index (κ1) is 15.7. The summed E-state index contributed by atoms with van der Waals surface area (Å²) < 4.78 is 39.5. The number of hydrogen-bond donors (Lipinski definition) is 2. The molecule has 1 amide bonds. The SMILES string of the molecule is CNC(=O)C1CCN(S(=O)(=O)c2ccc(N)c(F)c2)CC1. The summed E-state index contributed by atoms with van der Waals surface area (Å²) >= 11 is 0. The number of rotatable bonds is 3. The third kappa shape index (κ3) is 3.16. The molecule has 0 saturated carbocycles. The zero-order valence-electron chi connectivity index (χ0n) is 11.7. The molecule has 1 aliphatic rings. The molecule has 0 atom stereocenters. The molecular weight excluding hydrogens is 297 g/mol. The van der Waals surface area contributed by atoms with E-state index in [1.165, 1.54) is 16.4 Å². The smallest absolute Gasteiger partial charge is 0.243 e. The van der Waals surface area contributed by atoms with E-state index in [0.29, 0.717) is 12.8 Å². The number of carbonyl (C=O) groups excluding carboxylic acids is 1. The zero-order valence-corrected chi connectivity index (χ0v) is 12.5. The second-order valence-corrected chi connectivity index (χ2v) is 6.91. The van der Waals surface area contributed by atoms with Crippen LogP contribution in [-0.4, -0.2) is 38.8 Å². The predicted molar refractivity (Wildman–Crippen MR) is 76.4 cm³/mol. The fourth-order valence-electron chi connectivity index (χ4n) is 2.38. The third-order valence-electron chi connectivity index (χ3n) is 3.68. The Hall–Kier alpha value is -1.67. The van der Waals surface area contributed by atoms with Crippen molar-refractivity contribution in [3.05, 3.63) is 24.0 Å². The van der Waals surface area contributed by atoms with Crippen LogP contribution in [0.2, 0.25) is 0 Å². The van der Waals surface area contributed by atoms with E-state index in [-0.39, 0.29) is 35.5 Å². The molecule has 1 aromatic rings. The predicted octanol–water partition coefficient (Wildman–Crippen LogP) is 0.555. The standard InChI is InChI=1S/C13H18FN3O3S/c1-16-13(18)9-4-6-17(7-5-9)21(19,20)10-2-3-12(15)11(14)8-10/h2-3,8-9H,4-7,15H2,1H3,(H,16,18). The van der Waals surface area contributed by atoms with Gasteiger partial charge in [-0.05, 0) is 31.0 Å². The van der Waals surface area contributed by atoms with Gasteiger partial charge in [-0.25, -0.2) is 12.8 Å². The molecule has 6 nitrogen and oxygen atoms in total. The lowest BCUT2D eigenvalue weighted by molar-refractivity contribution is -0.125. The Morgan fingerprint density at radius 2 is 2.00 bits per heavy atom. The molecule has 0 spiro atoms. The second-order valence-electron chi connectivity index (χ2n) is 4.98. The molecule has 0 aliphatic carbocycles. The van der Waals surface area contributed by atoms with Crippen LogP contribution in [0.25, 0.3) is 0 Å². The van der Waals surface area contributed by atoms with Crippen LogP contribution in [0, 0.1) is 11.7 Å². The molecule has 116 valence electrons. The lowest BCUT2D eigenvalue weighted by Gasteiger charge is -2.30. The maximum atomic E-state index is 13.4. The van der Waals surface area contributed by atoms with Crippen molar-refractivity contribution in [1.82, 2.24) is 9.62 Å². The van der Waals surface area contributed by atoms with E-state index in [0.717, 1.165) is 6.07 Å². The molecule has 0 unspecified atom stereocenters. The van der Waals surface area contributed by atoms with Gasteiger partial charge in [0.25, 0.3) is 0 Å². The molecule has 1 aliphatic heterocycles. The minimum Gasteiger partial charge on any atom is -0.396 e. The van der Waals surface area contributed by atoms with Crippen molar-refractivity contribution in [1.29, 1.82) is 0 Å². The van der Waals surface area contributed by atoms with Crippen LogP contribution in [0.5, 0.6) is 0 Å². The maximum Gasteiger partial charge on any atom is 0.243 e. The van der Waals surface area contributed by atoms with Gasteiger partial charge in [-0.15, -0.1) is 0 Å². The maximum absolute atomic E-state index is 13.4. The molecule has 0 radical (unpaired) electrons.